The van der Waals surface area contributed by atoms with Crippen molar-refractivity contribution in [2.24, 2.45) is 0 Å². The summed E-state index contributed by atoms with van der Waals surface area (Å²) in [7, 11) is 0. The summed E-state index contributed by atoms with van der Waals surface area (Å²) >= 11 is 0. The van der Waals surface area contributed by atoms with Gasteiger partial charge in [-0.3, -0.25) is 4.79 Å². The van der Waals surface area contributed by atoms with Gasteiger partial charge in [-0.15, -0.1) is 0 Å². The molecule has 0 saturated carbocycles. The molecule has 0 radical (unpaired) electrons. The number of carbonyl (C=O) groups excluding carboxylic acids is 1. The molecule has 0 heterocycles. The van der Waals surface area contributed by atoms with Crippen molar-refractivity contribution in [1.82, 2.24) is 0 Å². The summed E-state index contributed by atoms with van der Waals surface area (Å²) in [6.07, 6.45) is 7.63. The number of rotatable bonds is 7. The molecule has 0 aromatic rings. The average molecular weight is 184 g/mol. The number of hydrogen-bond donors (Lipinski definition) is 1. The Balaban J connectivity index is 3.42. The van der Waals surface area contributed by atoms with Crippen molar-refractivity contribution < 1.29 is 9.90 Å². The van der Waals surface area contributed by atoms with Crippen LogP contribution in [0.1, 0.15) is 52.4 Å². The van der Waals surface area contributed by atoms with Gasteiger partial charge in [-0.2, -0.15) is 0 Å². The van der Waals surface area contributed by atoms with E-state index in [4.69, 9.17) is 0 Å². The van der Waals surface area contributed by atoms with E-state index in [0.29, 0.717) is 0 Å². The van der Waals surface area contributed by atoms with Crippen LogP contribution in [-0.4, -0.2) is 10.9 Å². The minimum atomic E-state index is 0.0160. The van der Waals surface area contributed by atoms with Crippen molar-refractivity contribution in [3.05, 3.63) is 11.8 Å². The number of hydrogen-bond acceptors (Lipinski definition) is 2. The lowest BCUT2D eigenvalue weighted by atomic mass is 10.1. The molecule has 1 N–H and O–H groups in total. The van der Waals surface area contributed by atoms with E-state index in [1.165, 1.54) is 26.2 Å². The highest BCUT2D eigenvalue weighted by Crippen LogP contribution is 2.06. The Morgan fingerprint density at radius 2 is 2.00 bits per heavy atom. The van der Waals surface area contributed by atoms with Crippen LogP contribution in [0.4, 0.5) is 0 Å². The van der Waals surface area contributed by atoms with Crippen molar-refractivity contribution in [2.75, 3.05) is 0 Å². The van der Waals surface area contributed by atoms with Gasteiger partial charge in [0.15, 0.2) is 0 Å². The van der Waals surface area contributed by atoms with E-state index in [1.807, 2.05) is 0 Å². The number of carbonyl (C=O) groups is 1. The van der Waals surface area contributed by atoms with Crippen molar-refractivity contribution in [3.8, 4) is 0 Å². The fourth-order valence-electron chi connectivity index (χ4n) is 1.17. The molecule has 0 aromatic carbocycles. The molecule has 0 amide bonds. The SMILES string of the molecule is CCCCCCC=C(O)CC(C)=O. The molecular weight excluding hydrogens is 164 g/mol. The van der Waals surface area contributed by atoms with E-state index in [2.05, 4.69) is 6.92 Å². The minimum Gasteiger partial charge on any atom is -0.512 e. The van der Waals surface area contributed by atoms with E-state index in [1.54, 1.807) is 6.08 Å². The second-order valence-corrected chi connectivity index (χ2v) is 3.42. The number of aliphatic hydroxyl groups is 1. The van der Waals surface area contributed by atoms with Gasteiger partial charge in [-0.1, -0.05) is 26.2 Å². The van der Waals surface area contributed by atoms with E-state index < -0.39 is 0 Å². The van der Waals surface area contributed by atoms with E-state index >= 15 is 0 Å². The number of ketones is 1. The molecule has 2 heteroatoms. The topological polar surface area (TPSA) is 37.3 Å². The van der Waals surface area contributed by atoms with Gasteiger partial charge < -0.3 is 5.11 Å². The van der Waals surface area contributed by atoms with Crippen LogP contribution >= 0.6 is 0 Å². The van der Waals surface area contributed by atoms with Crippen LogP contribution < -0.4 is 0 Å². The molecular formula is C11H20O2. The number of unbranched alkanes of at least 4 members (excludes halogenated alkanes) is 4. The molecule has 76 valence electrons. The summed E-state index contributed by atoms with van der Waals surface area (Å²) in [6.45, 7) is 3.66. The molecule has 0 aliphatic rings. The van der Waals surface area contributed by atoms with Gasteiger partial charge in [0, 0.05) is 0 Å². The van der Waals surface area contributed by atoms with Crippen LogP contribution in [0.25, 0.3) is 0 Å². The lowest BCUT2D eigenvalue weighted by Gasteiger charge is -1.97. The zero-order valence-electron chi connectivity index (χ0n) is 8.68. The minimum absolute atomic E-state index is 0.0160. The van der Waals surface area contributed by atoms with Gasteiger partial charge in [-0.05, 0) is 25.8 Å². The Hall–Kier alpha value is -0.790. The third-order valence-corrected chi connectivity index (χ3v) is 1.87. The molecule has 0 aliphatic heterocycles. The summed E-state index contributed by atoms with van der Waals surface area (Å²) in [5.74, 6) is 0.242. The fraction of sp³-hybridized carbons (Fsp3) is 0.727. The molecule has 0 bridgehead atoms. The Labute approximate surface area is 80.7 Å². The van der Waals surface area contributed by atoms with Crippen LogP contribution in [0, 0.1) is 0 Å². The second-order valence-electron chi connectivity index (χ2n) is 3.42. The maximum absolute atomic E-state index is 10.6. The number of Topliss-reactive ketones (excluding diaryl/α,β-unsaturated/α-hetero) is 1. The summed E-state index contributed by atoms with van der Waals surface area (Å²) in [4.78, 5) is 10.6. The van der Waals surface area contributed by atoms with E-state index in [-0.39, 0.29) is 18.0 Å². The molecule has 0 saturated heterocycles. The first-order valence-electron chi connectivity index (χ1n) is 5.04. The van der Waals surface area contributed by atoms with Crippen molar-refractivity contribution in [2.45, 2.75) is 52.4 Å². The third-order valence-electron chi connectivity index (χ3n) is 1.87. The highest BCUT2D eigenvalue weighted by Gasteiger charge is 1.96. The van der Waals surface area contributed by atoms with Crippen molar-refractivity contribution in [3.63, 3.8) is 0 Å². The van der Waals surface area contributed by atoms with Crippen molar-refractivity contribution >= 4 is 5.78 Å². The molecule has 0 spiro atoms. The molecule has 13 heavy (non-hydrogen) atoms. The first-order chi connectivity index (χ1) is 6.16. The van der Waals surface area contributed by atoms with Crippen LogP contribution in [-0.2, 0) is 4.79 Å². The highest BCUT2D eigenvalue weighted by atomic mass is 16.3. The maximum atomic E-state index is 10.6. The molecule has 2 nitrogen and oxygen atoms in total. The zero-order valence-corrected chi connectivity index (χ0v) is 8.68. The average Bonchev–Trinajstić information content (AvgIpc) is 2.02. The predicted molar refractivity (Wildman–Crippen MR) is 54.8 cm³/mol. The Morgan fingerprint density at radius 3 is 2.54 bits per heavy atom. The van der Waals surface area contributed by atoms with Crippen LogP contribution in [0.5, 0.6) is 0 Å². The Kier molecular flexibility index (Phi) is 7.36. The lowest BCUT2D eigenvalue weighted by molar-refractivity contribution is -0.116. The monoisotopic (exact) mass is 184 g/mol. The van der Waals surface area contributed by atoms with Gasteiger partial charge in [0.1, 0.15) is 5.78 Å². The van der Waals surface area contributed by atoms with Crippen molar-refractivity contribution in [1.29, 1.82) is 0 Å². The maximum Gasteiger partial charge on any atom is 0.137 e. The summed E-state index contributed by atoms with van der Waals surface area (Å²) < 4.78 is 0. The van der Waals surface area contributed by atoms with Gasteiger partial charge in [0.2, 0.25) is 0 Å². The van der Waals surface area contributed by atoms with E-state index in [9.17, 15) is 9.90 Å². The van der Waals surface area contributed by atoms with Crippen LogP contribution in [0.2, 0.25) is 0 Å². The molecule has 0 aromatic heterocycles. The van der Waals surface area contributed by atoms with E-state index in [0.717, 1.165) is 12.8 Å². The Bertz CT molecular complexity index is 171. The third kappa shape index (κ3) is 9.12. The first-order valence-corrected chi connectivity index (χ1v) is 5.04. The zero-order chi connectivity index (χ0) is 10.1. The number of allylic oxidation sites excluding steroid dienone is 2. The highest BCUT2D eigenvalue weighted by molar-refractivity contribution is 5.77. The number of aliphatic hydroxyl groups excluding tert-OH is 1. The van der Waals surface area contributed by atoms with Gasteiger partial charge >= 0.3 is 0 Å². The summed E-state index contributed by atoms with van der Waals surface area (Å²) in [5.41, 5.74) is 0. The largest absolute Gasteiger partial charge is 0.512 e. The van der Waals surface area contributed by atoms with Crippen LogP contribution in [0.3, 0.4) is 0 Å². The normalized spacial score (nSPS) is 11.7. The molecule has 0 atom stereocenters. The standard InChI is InChI=1S/C11H20O2/c1-3-4-5-6-7-8-11(13)9-10(2)12/h8,13H,3-7,9H2,1-2H3. The van der Waals surface area contributed by atoms with Gasteiger partial charge in [0.05, 0.1) is 12.2 Å². The first kappa shape index (κ1) is 12.2. The van der Waals surface area contributed by atoms with Crippen LogP contribution in [0.15, 0.2) is 11.8 Å². The van der Waals surface area contributed by atoms with Gasteiger partial charge in [-0.25, -0.2) is 0 Å². The van der Waals surface area contributed by atoms with Gasteiger partial charge in [0.25, 0.3) is 0 Å². The molecule has 0 aliphatic carbocycles. The lowest BCUT2D eigenvalue weighted by Crippen LogP contribution is -1.92. The summed E-state index contributed by atoms with van der Waals surface area (Å²) in [5, 5.41) is 9.22. The Morgan fingerprint density at radius 1 is 1.31 bits per heavy atom. The molecule has 0 rings (SSSR count). The molecule has 0 unspecified atom stereocenters. The smallest absolute Gasteiger partial charge is 0.137 e. The second kappa shape index (κ2) is 7.84. The molecule has 0 fully saturated rings. The fourth-order valence-corrected chi connectivity index (χ4v) is 1.17. The summed E-state index contributed by atoms with van der Waals surface area (Å²) in [6, 6.07) is 0. The predicted octanol–water partition coefficient (Wildman–Crippen LogP) is 3.38. The quantitative estimate of drug-likeness (QED) is 0.486.